The number of pyridine rings is 1. The van der Waals surface area contributed by atoms with E-state index in [1.807, 2.05) is 47.2 Å². The molecule has 2 aromatic carbocycles. The summed E-state index contributed by atoms with van der Waals surface area (Å²) >= 11 is 8.05. The number of anilines is 1. The van der Waals surface area contributed by atoms with Gasteiger partial charge >= 0.3 is 0 Å². The first-order valence-corrected chi connectivity index (χ1v) is 18.2. The van der Waals surface area contributed by atoms with Crippen molar-refractivity contribution in [1.82, 2.24) is 14.5 Å². The van der Waals surface area contributed by atoms with E-state index in [2.05, 4.69) is 42.1 Å². The van der Waals surface area contributed by atoms with Gasteiger partial charge in [-0.25, -0.2) is 14.4 Å². The van der Waals surface area contributed by atoms with Gasteiger partial charge in [-0.1, -0.05) is 55.5 Å². The van der Waals surface area contributed by atoms with Crippen LogP contribution < -0.4 is 10.1 Å². The smallest absolute Gasteiger partial charge is 0.144 e. The lowest BCUT2D eigenvalue weighted by Crippen LogP contribution is -2.23. The first kappa shape index (κ1) is 30.1. The van der Waals surface area contributed by atoms with Gasteiger partial charge in [0.15, 0.2) is 0 Å². The van der Waals surface area contributed by atoms with Crippen LogP contribution in [0.5, 0.6) is 5.75 Å². The highest BCUT2D eigenvalue weighted by Gasteiger charge is 2.23. The summed E-state index contributed by atoms with van der Waals surface area (Å²) in [4.78, 5) is 9.47. The minimum Gasteiger partial charge on any atom is -0.497 e. The Balaban J connectivity index is 1.66. The third kappa shape index (κ3) is 8.57. The van der Waals surface area contributed by atoms with Crippen molar-refractivity contribution in [2.24, 2.45) is 0 Å². The number of aryl methyl sites for hydroxylation is 1. The molecule has 0 amide bonds. The van der Waals surface area contributed by atoms with Crippen molar-refractivity contribution in [2.45, 2.75) is 56.2 Å². The highest BCUT2D eigenvalue weighted by Crippen LogP contribution is 2.31. The van der Waals surface area contributed by atoms with Crippen LogP contribution in [0.1, 0.15) is 28.7 Å². The minimum atomic E-state index is -1.23. The van der Waals surface area contributed by atoms with Gasteiger partial charge in [-0.05, 0) is 60.5 Å². The monoisotopic (exact) mass is 598 g/mol. The summed E-state index contributed by atoms with van der Waals surface area (Å²) in [6.07, 6.45) is 2.03. The van der Waals surface area contributed by atoms with Crippen LogP contribution in [0.2, 0.25) is 30.7 Å². The molecule has 1 N–H and O–H groups in total. The number of aromatic nitrogens is 3. The van der Waals surface area contributed by atoms with Crippen LogP contribution in [0.3, 0.4) is 0 Å². The average Bonchev–Trinajstić information content (AvgIpc) is 3.33. The molecule has 0 radical (unpaired) electrons. The van der Waals surface area contributed by atoms with Crippen molar-refractivity contribution < 1.29 is 13.9 Å². The second kappa shape index (κ2) is 13.7. The summed E-state index contributed by atoms with van der Waals surface area (Å²) in [5.41, 5.74) is 2.41. The molecular formula is C30H36ClFN4O2SSi. The molecule has 1 unspecified atom stereocenters. The zero-order valence-corrected chi connectivity index (χ0v) is 26.2. The third-order valence-electron chi connectivity index (χ3n) is 6.31. The van der Waals surface area contributed by atoms with Crippen molar-refractivity contribution in [1.29, 1.82) is 0 Å². The summed E-state index contributed by atoms with van der Waals surface area (Å²) in [5.74, 6) is 2.54. The van der Waals surface area contributed by atoms with Crippen LogP contribution in [0.4, 0.5) is 10.2 Å². The van der Waals surface area contributed by atoms with Gasteiger partial charge in [0.2, 0.25) is 0 Å². The van der Waals surface area contributed by atoms with E-state index in [4.69, 9.17) is 26.1 Å². The van der Waals surface area contributed by atoms with Gasteiger partial charge in [-0.3, -0.25) is 0 Å². The summed E-state index contributed by atoms with van der Waals surface area (Å²) < 4.78 is 27.4. The van der Waals surface area contributed by atoms with Crippen LogP contribution in [-0.2, 0) is 17.2 Å². The molecule has 0 fully saturated rings. The number of rotatable bonds is 13. The van der Waals surface area contributed by atoms with Crippen LogP contribution in [0.25, 0.3) is 0 Å². The molecule has 6 nitrogen and oxygen atoms in total. The zero-order chi connectivity index (χ0) is 28.7. The number of thioether (sulfide) groups is 1. The second-order valence-electron chi connectivity index (χ2n) is 10.8. The largest absolute Gasteiger partial charge is 0.497 e. The Bertz CT molecular complexity index is 1410. The Morgan fingerprint density at radius 2 is 1.85 bits per heavy atom. The van der Waals surface area contributed by atoms with Gasteiger partial charge < -0.3 is 19.4 Å². The number of methoxy groups -OCH3 is 1. The number of nitrogens with one attached hydrogen (secondary N) is 1. The molecule has 4 aromatic rings. The molecule has 2 heterocycles. The number of benzene rings is 2. The lowest BCUT2D eigenvalue weighted by molar-refractivity contribution is 0.0847. The van der Waals surface area contributed by atoms with Crippen molar-refractivity contribution in [3.63, 3.8) is 0 Å². The fourth-order valence-corrected chi connectivity index (χ4v) is 5.81. The van der Waals surface area contributed by atoms with E-state index in [-0.39, 0.29) is 5.82 Å². The Labute approximate surface area is 246 Å². The Kier molecular flexibility index (Phi) is 10.3. The molecule has 0 spiro atoms. The molecule has 212 valence electrons. The van der Waals surface area contributed by atoms with Crippen LogP contribution in [-0.4, -0.2) is 36.3 Å². The molecule has 10 heteroatoms. The Morgan fingerprint density at radius 3 is 2.52 bits per heavy atom. The predicted molar refractivity (Wildman–Crippen MR) is 165 cm³/mol. The van der Waals surface area contributed by atoms with Gasteiger partial charge in [0.1, 0.15) is 41.0 Å². The molecule has 0 bridgehead atoms. The van der Waals surface area contributed by atoms with E-state index in [9.17, 15) is 4.39 Å². The minimum absolute atomic E-state index is 0.323. The number of nitrogens with zero attached hydrogens (tertiary/aromatic N) is 3. The van der Waals surface area contributed by atoms with E-state index in [0.717, 1.165) is 34.0 Å². The van der Waals surface area contributed by atoms with E-state index < -0.39 is 14.1 Å². The first-order chi connectivity index (χ1) is 19.1. The SMILES string of the molecule is COc1ccc(CSc2cn(COCC[Si](C)(C)C)c(C(Nc3ccc(F)c(C)n3)c3cccc(Cl)c3)n2)cc1. The fourth-order valence-electron chi connectivity index (χ4n) is 3.98. The van der Waals surface area contributed by atoms with Crippen molar-refractivity contribution in [3.05, 3.63) is 100 Å². The number of hydrogen-bond acceptors (Lipinski definition) is 6. The molecule has 2 aromatic heterocycles. The molecule has 40 heavy (non-hydrogen) atoms. The standard InChI is InChI=1S/C30H36ClFN4O2SSi/c1-21-26(32)13-14-27(33-21)34-29(23-7-6-8-24(31)17-23)30-35-28(18-36(30)20-38-15-16-40(3,4)5)39-19-22-9-11-25(37-2)12-10-22/h6-14,17-18,29H,15-16,19-20H2,1-5H3,(H,33,34). The van der Waals surface area contributed by atoms with Crippen LogP contribution >= 0.6 is 23.4 Å². The number of ether oxygens (including phenoxy) is 2. The van der Waals surface area contributed by atoms with Crippen molar-refractivity contribution in [3.8, 4) is 5.75 Å². The average molecular weight is 599 g/mol. The summed E-state index contributed by atoms with van der Waals surface area (Å²) in [5, 5.41) is 4.96. The van der Waals surface area contributed by atoms with E-state index in [1.165, 1.54) is 11.6 Å². The summed E-state index contributed by atoms with van der Waals surface area (Å²) in [6.45, 7) is 9.72. The van der Waals surface area contributed by atoms with E-state index >= 15 is 0 Å². The molecule has 1 atom stereocenters. The normalized spacial score (nSPS) is 12.4. The zero-order valence-electron chi connectivity index (χ0n) is 23.6. The third-order valence-corrected chi connectivity index (χ3v) is 9.22. The van der Waals surface area contributed by atoms with Gasteiger partial charge in [0.05, 0.1) is 12.8 Å². The quantitative estimate of drug-likeness (QED) is 0.0951. The van der Waals surface area contributed by atoms with Gasteiger partial charge in [-0.15, -0.1) is 11.8 Å². The van der Waals surface area contributed by atoms with Gasteiger partial charge in [0, 0.05) is 31.7 Å². The molecule has 0 aliphatic carbocycles. The highest BCUT2D eigenvalue weighted by atomic mass is 35.5. The first-order valence-electron chi connectivity index (χ1n) is 13.2. The van der Waals surface area contributed by atoms with Crippen LogP contribution in [0, 0.1) is 12.7 Å². The number of halogens is 2. The second-order valence-corrected chi connectivity index (χ2v) is 17.8. The molecule has 0 aliphatic heterocycles. The maximum atomic E-state index is 14.0. The predicted octanol–water partition coefficient (Wildman–Crippen LogP) is 8.19. The lowest BCUT2D eigenvalue weighted by atomic mass is 10.1. The molecule has 0 saturated carbocycles. The molecule has 0 aliphatic rings. The fraction of sp³-hybridized carbons (Fsp3) is 0.333. The van der Waals surface area contributed by atoms with E-state index in [1.54, 1.807) is 31.9 Å². The van der Waals surface area contributed by atoms with Gasteiger partial charge in [-0.2, -0.15) is 0 Å². The summed E-state index contributed by atoms with van der Waals surface area (Å²) in [7, 11) is 0.432. The Hall–Kier alpha value is -2.85. The summed E-state index contributed by atoms with van der Waals surface area (Å²) in [6, 6.07) is 19.4. The maximum Gasteiger partial charge on any atom is 0.144 e. The van der Waals surface area contributed by atoms with Gasteiger partial charge in [0.25, 0.3) is 0 Å². The number of hydrogen-bond donors (Lipinski definition) is 1. The molecule has 4 rings (SSSR count). The van der Waals surface area contributed by atoms with Crippen molar-refractivity contribution >= 4 is 37.3 Å². The molecular weight excluding hydrogens is 563 g/mol. The van der Waals surface area contributed by atoms with Crippen molar-refractivity contribution in [2.75, 3.05) is 19.0 Å². The highest BCUT2D eigenvalue weighted by molar-refractivity contribution is 7.98. The lowest BCUT2D eigenvalue weighted by Gasteiger charge is -2.22. The molecule has 0 saturated heterocycles. The van der Waals surface area contributed by atoms with E-state index in [0.29, 0.717) is 29.9 Å². The topological polar surface area (TPSA) is 61.2 Å². The number of imidazole rings is 1. The maximum absolute atomic E-state index is 14.0. The van der Waals surface area contributed by atoms with Crippen LogP contribution in [0.15, 0.2) is 71.9 Å². The Morgan fingerprint density at radius 1 is 1.07 bits per heavy atom.